The molecule has 0 radical (unpaired) electrons. The minimum Gasteiger partial charge on any atom is -0.451 e. The van der Waals surface area contributed by atoms with Crippen molar-refractivity contribution in [3.05, 3.63) is 84.2 Å². The summed E-state index contributed by atoms with van der Waals surface area (Å²) < 4.78 is 14.7. The Kier molecular flexibility index (Phi) is 5.38. The van der Waals surface area contributed by atoms with Gasteiger partial charge >= 0.3 is 6.09 Å². The monoisotopic (exact) mass is 486 g/mol. The van der Waals surface area contributed by atoms with E-state index in [0.717, 1.165) is 16.9 Å². The molecule has 6 heteroatoms. The number of alkyl halides is 1. The van der Waals surface area contributed by atoms with E-state index in [-0.39, 0.29) is 0 Å². The molecule has 2 heterocycles. The van der Waals surface area contributed by atoms with E-state index in [1.807, 2.05) is 84.4 Å². The number of carbonyl (C=O) groups excluding carboxylic acids is 1. The van der Waals surface area contributed by atoms with Crippen LogP contribution in [0.2, 0.25) is 0 Å². The third-order valence-corrected chi connectivity index (χ3v) is 5.36. The van der Waals surface area contributed by atoms with Crippen molar-refractivity contribution in [3.63, 3.8) is 0 Å². The number of rotatable bonds is 4. The van der Waals surface area contributed by atoms with Gasteiger partial charge in [0.1, 0.15) is 0 Å². The lowest BCUT2D eigenvalue weighted by molar-refractivity contribution is 0.154. The summed E-state index contributed by atoms with van der Waals surface area (Å²) in [5.74, 6) is 1.62. The second kappa shape index (κ2) is 8.10. The van der Waals surface area contributed by atoms with E-state index in [0.29, 0.717) is 28.4 Å². The average Bonchev–Trinajstić information content (AvgIpc) is 3.17. The van der Waals surface area contributed by atoms with Gasteiger partial charge in [-0.25, -0.2) is 4.79 Å². The fourth-order valence-corrected chi connectivity index (χ4v) is 3.84. The Morgan fingerprint density at radius 2 is 1.82 bits per heavy atom. The minimum atomic E-state index is -0.400. The van der Waals surface area contributed by atoms with Crippen LogP contribution in [-0.4, -0.2) is 26.7 Å². The molecule has 5 nitrogen and oxygen atoms in total. The van der Waals surface area contributed by atoms with Crippen LogP contribution in [0, 0.1) is 0 Å². The van der Waals surface area contributed by atoms with E-state index in [1.165, 1.54) is 0 Å². The fraction of sp³-hybridized carbons (Fsp3) is 0.136. The zero-order valence-corrected chi connectivity index (χ0v) is 17.5. The topological polar surface area (TPSA) is 43.7 Å². The van der Waals surface area contributed by atoms with Crippen LogP contribution in [0.4, 0.5) is 4.79 Å². The number of hydrogen-bond acceptors (Lipinski definition) is 3. The summed E-state index contributed by atoms with van der Waals surface area (Å²) in [6.45, 7) is 2.49. The molecular formula is C22H19IN2O3. The quantitative estimate of drug-likeness (QED) is 0.276. The van der Waals surface area contributed by atoms with Gasteiger partial charge in [0.05, 0.1) is 15.9 Å². The molecule has 1 aliphatic heterocycles. The first-order valence-electron chi connectivity index (χ1n) is 9.00. The SMILES string of the molecule is CCN(CI)C(=O)OC1=C(c2ccccc2)Oc2ccccc2-n2cccc21. The van der Waals surface area contributed by atoms with Crippen molar-refractivity contribution in [2.45, 2.75) is 6.92 Å². The summed E-state index contributed by atoms with van der Waals surface area (Å²) in [7, 11) is 0. The van der Waals surface area contributed by atoms with Gasteiger partial charge in [-0.1, -0.05) is 65.1 Å². The standard InChI is InChI=1S/C22H19IN2O3/c1-2-24(15-23)22(26)28-21-18-12-8-14-25(18)17-11-6-7-13-19(17)27-20(21)16-9-4-3-5-10-16/h3-14H,2,15H2,1H3. The van der Waals surface area contributed by atoms with Gasteiger partial charge in [-0.15, -0.1) is 0 Å². The molecule has 2 aromatic carbocycles. The number of para-hydroxylation sites is 2. The van der Waals surface area contributed by atoms with E-state index >= 15 is 0 Å². The number of benzene rings is 2. The van der Waals surface area contributed by atoms with Gasteiger partial charge in [0.15, 0.2) is 17.3 Å². The maximum atomic E-state index is 12.8. The largest absolute Gasteiger partial charge is 0.451 e. The Bertz CT molecular complexity index is 1020. The van der Waals surface area contributed by atoms with Crippen LogP contribution in [0.5, 0.6) is 5.75 Å². The first kappa shape index (κ1) is 18.6. The van der Waals surface area contributed by atoms with E-state index in [1.54, 1.807) is 4.90 Å². The Morgan fingerprint density at radius 3 is 2.57 bits per heavy atom. The number of nitrogens with zero attached hydrogens (tertiary/aromatic N) is 2. The molecule has 0 saturated heterocycles. The Balaban J connectivity index is 1.91. The first-order valence-corrected chi connectivity index (χ1v) is 10.5. The predicted octanol–water partition coefficient (Wildman–Crippen LogP) is 5.55. The molecule has 28 heavy (non-hydrogen) atoms. The van der Waals surface area contributed by atoms with Crippen LogP contribution in [0.15, 0.2) is 72.9 Å². The minimum absolute atomic E-state index is 0.400. The molecule has 1 aromatic heterocycles. The number of carbonyl (C=O) groups is 1. The summed E-state index contributed by atoms with van der Waals surface area (Å²) in [4.78, 5) is 14.4. The molecule has 1 aliphatic rings. The second-order valence-corrected chi connectivity index (χ2v) is 6.88. The lowest BCUT2D eigenvalue weighted by atomic mass is 10.1. The molecule has 0 unspecified atom stereocenters. The number of amides is 1. The molecule has 3 aromatic rings. The molecule has 0 aliphatic carbocycles. The molecule has 142 valence electrons. The summed E-state index contributed by atoms with van der Waals surface area (Å²) in [6.07, 6.45) is 1.54. The molecule has 0 fully saturated rings. The molecular weight excluding hydrogens is 467 g/mol. The van der Waals surface area contributed by atoms with Crippen LogP contribution in [0.25, 0.3) is 17.2 Å². The zero-order valence-electron chi connectivity index (χ0n) is 15.3. The van der Waals surface area contributed by atoms with Gasteiger partial charge in [0.2, 0.25) is 0 Å². The summed E-state index contributed by atoms with van der Waals surface area (Å²) in [6, 6.07) is 21.3. The number of aromatic nitrogens is 1. The van der Waals surface area contributed by atoms with Crippen molar-refractivity contribution >= 4 is 40.2 Å². The van der Waals surface area contributed by atoms with Crippen molar-refractivity contribution < 1.29 is 14.3 Å². The molecule has 0 spiro atoms. The fourth-order valence-electron chi connectivity index (χ4n) is 3.08. The highest BCUT2D eigenvalue weighted by Crippen LogP contribution is 2.38. The molecule has 0 N–H and O–H groups in total. The number of hydrogen-bond donors (Lipinski definition) is 0. The highest BCUT2D eigenvalue weighted by atomic mass is 127. The van der Waals surface area contributed by atoms with Crippen LogP contribution < -0.4 is 4.74 Å². The molecule has 4 rings (SSSR count). The van der Waals surface area contributed by atoms with Crippen molar-refractivity contribution in [2.24, 2.45) is 0 Å². The van der Waals surface area contributed by atoms with Crippen LogP contribution in [-0.2, 0) is 4.74 Å². The van der Waals surface area contributed by atoms with Crippen molar-refractivity contribution in [2.75, 3.05) is 11.1 Å². The van der Waals surface area contributed by atoms with Gasteiger partial charge in [-0.2, -0.15) is 0 Å². The third kappa shape index (κ3) is 3.40. The normalized spacial score (nSPS) is 12.5. The third-order valence-electron chi connectivity index (χ3n) is 4.53. The van der Waals surface area contributed by atoms with E-state index < -0.39 is 6.09 Å². The Labute approximate surface area is 177 Å². The summed E-state index contributed by atoms with van der Waals surface area (Å²) in [5, 5.41) is 0. The zero-order chi connectivity index (χ0) is 19.5. The summed E-state index contributed by atoms with van der Waals surface area (Å²) >= 11 is 2.16. The Morgan fingerprint density at radius 1 is 1.07 bits per heavy atom. The number of halogens is 1. The van der Waals surface area contributed by atoms with Crippen LogP contribution >= 0.6 is 22.6 Å². The molecule has 0 saturated carbocycles. The van der Waals surface area contributed by atoms with E-state index in [2.05, 4.69) is 22.6 Å². The lowest BCUT2D eigenvalue weighted by Gasteiger charge is -2.20. The smallest absolute Gasteiger partial charge is 0.416 e. The van der Waals surface area contributed by atoms with Gasteiger partial charge in [-0.05, 0) is 31.2 Å². The molecule has 0 bridgehead atoms. The second-order valence-electron chi connectivity index (χ2n) is 6.20. The lowest BCUT2D eigenvalue weighted by Crippen LogP contribution is -2.30. The summed E-state index contributed by atoms with van der Waals surface area (Å²) in [5.41, 5.74) is 2.50. The van der Waals surface area contributed by atoms with Crippen LogP contribution in [0.1, 0.15) is 18.2 Å². The average molecular weight is 486 g/mol. The first-order chi connectivity index (χ1) is 13.7. The van der Waals surface area contributed by atoms with Crippen LogP contribution in [0.3, 0.4) is 0 Å². The van der Waals surface area contributed by atoms with Gasteiger partial charge in [0, 0.05) is 18.3 Å². The Hall–Kier alpha value is -2.74. The van der Waals surface area contributed by atoms with Crippen molar-refractivity contribution in [1.82, 2.24) is 9.47 Å². The van der Waals surface area contributed by atoms with E-state index in [4.69, 9.17) is 9.47 Å². The molecule has 0 atom stereocenters. The maximum absolute atomic E-state index is 12.8. The molecule has 1 amide bonds. The highest BCUT2D eigenvalue weighted by molar-refractivity contribution is 14.1. The van der Waals surface area contributed by atoms with Gasteiger partial charge in [0.25, 0.3) is 0 Å². The van der Waals surface area contributed by atoms with Gasteiger partial charge < -0.3 is 14.0 Å². The maximum Gasteiger partial charge on any atom is 0.416 e. The van der Waals surface area contributed by atoms with E-state index in [9.17, 15) is 4.79 Å². The van der Waals surface area contributed by atoms with Crippen molar-refractivity contribution in [1.29, 1.82) is 0 Å². The van der Waals surface area contributed by atoms with Crippen molar-refractivity contribution in [3.8, 4) is 11.4 Å². The van der Waals surface area contributed by atoms with Gasteiger partial charge in [-0.3, -0.25) is 4.90 Å². The highest BCUT2D eigenvalue weighted by Gasteiger charge is 2.28. The number of fused-ring (bicyclic) bond motifs is 3. The predicted molar refractivity (Wildman–Crippen MR) is 117 cm³/mol. The number of ether oxygens (including phenoxy) is 2.